The molecule has 0 radical (unpaired) electrons. The van der Waals surface area contributed by atoms with E-state index in [4.69, 9.17) is 0 Å². The van der Waals surface area contributed by atoms with Gasteiger partial charge in [0.15, 0.2) is 5.96 Å². The average Bonchev–Trinajstić information content (AvgIpc) is 2.22. The lowest BCUT2D eigenvalue weighted by Crippen LogP contribution is -2.48. The maximum Gasteiger partial charge on any atom is 0.193 e. The zero-order chi connectivity index (χ0) is 12.8. The molecule has 1 heterocycles. The lowest BCUT2D eigenvalue weighted by atomic mass is 9.92. The minimum atomic E-state index is 0. The summed E-state index contributed by atoms with van der Waals surface area (Å²) in [6, 6.07) is 0. The van der Waals surface area contributed by atoms with Crippen LogP contribution in [-0.4, -0.2) is 37.5 Å². The predicted octanol–water partition coefficient (Wildman–Crippen LogP) is 3.20. The van der Waals surface area contributed by atoms with Gasteiger partial charge in [0.1, 0.15) is 0 Å². The zero-order valence-electron chi connectivity index (χ0n) is 12.6. The Kier molecular flexibility index (Phi) is 8.99. The first kappa shape index (κ1) is 18.0. The minimum Gasteiger partial charge on any atom is -0.356 e. The van der Waals surface area contributed by atoms with Crippen molar-refractivity contribution in [2.75, 3.05) is 26.7 Å². The summed E-state index contributed by atoms with van der Waals surface area (Å²) in [4.78, 5) is 6.82. The van der Waals surface area contributed by atoms with E-state index in [9.17, 15) is 0 Å². The summed E-state index contributed by atoms with van der Waals surface area (Å²) in [5.74, 6) is 3.40. The molecule has 1 rings (SSSR count). The van der Waals surface area contributed by atoms with E-state index in [1.54, 1.807) is 0 Å². The van der Waals surface area contributed by atoms with Gasteiger partial charge in [-0.3, -0.25) is 4.99 Å². The van der Waals surface area contributed by atoms with Crippen LogP contribution in [0.25, 0.3) is 0 Å². The van der Waals surface area contributed by atoms with E-state index in [0.717, 1.165) is 43.3 Å². The van der Waals surface area contributed by atoms with Crippen LogP contribution in [-0.2, 0) is 0 Å². The molecule has 0 spiro atoms. The Labute approximate surface area is 130 Å². The zero-order valence-corrected chi connectivity index (χ0v) is 14.9. The van der Waals surface area contributed by atoms with Gasteiger partial charge in [-0.25, -0.2) is 0 Å². The van der Waals surface area contributed by atoms with Gasteiger partial charge in [0.2, 0.25) is 0 Å². The van der Waals surface area contributed by atoms with E-state index in [-0.39, 0.29) is 24.0 Å². The largest absolute Gasteiger partial charge is 0.356 e. The first-order chi connectivity index (χ1) is 8.02. The molecule has 0 aliphatic carbocycles. The van der Waals surface area contributed by atoms with E-state index in [1.807, 2.05) is 7.05 Å². The van der Waals surface area contributed by atoms with Crippen LogP contribution in [0.2, 0.25) is 0 Å². The maximum atomic E-state index is 4.41. The van der Waals surface area contributed by atoms with Crippen LogP contribution in [0.5, 0.6) is 0 Å². The van der Waals surface area contributed by atoms with E-state index in [0.29, 0.717) is 0 Å². The topological polar surface area (TPSA) is 27.6 Å². The van der Waals surface area contributed by atoms with E-state index < -0.39 is 0 Å². The predicted molar refractivity (Wildman–Crippen MR) is 90.7 cm³/mol. The third-order valence-electron chi connectivity index (χ3n) is 3.38. The van der Waals surface area contributed by atoms with Gasteiger partial charge in [0.25, 0.3) is 0 Å². The molecule has 0 saturated carbocycles. The molecule has 18 heavy (non-hydrogen) atoms. The summed E-state index contributed by atoms with van der Waals surface area (Å²) in [6.45, 7) is 12.5. The van der Waals surface area contributed by atoms with Crippen LogP contribution in [0.15, 0.2) is 4.99 Å². The van der Waals surface area contributed by atoms with Crippen LogP contribution in [0.4, 0.5) is 0 Å². The van der Waals surface area contributed by atoms with Gasteiger partial charge in [0, 0.05) is 26.7 Å². The summed E-state index contributed by atoms with van der Waals surface area (Å²) in [5.41, 5.74) is 0. The van der Waals surface area contributed by atoms with Crippen molar-refractivity contribution >= 4 is 29.9 Å². The van der Waals surface area contributed by atoms with E-state index in [2.05, 4.69) is 42.9 Å². The molecular weight excluding hydrogens is 337 g/mol. The number of nitrogens with one attached hydrogen (secondary N) is 1. The Morgan fingerprint density at radius 3 is 2.28 bits per heavy atom. The van der Waals surface area contributed by atoms with Crippen molar-refractivity contribution < 1.29 is 0 Å². The van der Waals surface area contributed by atoms with Gasteiger partial charge in [0.05, 0.1) is 0 Å². The second kappa shape index (κ2) is 8.99. The number of hydrogen-bond donors (Lipinski definition) is 1. The molecule has 4 heteroatoms. The number of hydrogen-bond acceptors (Lipinski definition) is 1. The van der Waals surface area contributed by atoms with Crippen LogP contribution >= 0.6 is 24.0 Å². The van der Waals surface area contributed by atoms with Gasteiger partial charge in [-0.15, -0.1) is 24.0 Å². The lowest BCUT2D eigenvalue weighted by molar-refractivity contribution is 0.208. The van der Waals surface area contributed by atoms with Crippen molar-refractivity contribution in [3.05, 3.63) is 0 Å². The lowest BCUT2D eigenvalue weighted by Gasteiger charge is -2.37. The Hall–Kier alpha value is 0. The number of halogens is 1. The second-order valence-electron chi connectivity index (χ2n) is 6.01. The van der Waals surface area contributed by atoms with Crippen molar-refractivity contribution in [3.8, 4) is 0 Å². The average molecular weight is 367 g/mol. The van der Waals surface area contributed by atoms with Crippen LogP contribution in [0, 0.1) is 17.8 Å². The summed E-state index contributed by atoms with van der Waals surface area (Å²) >= 11 is 0. The third kappa shape index (κ3) is 6.25. The van der Waals surface area contributed by atoms with Gasteiger partial charge in [-0.1, -0.05) is 27.7 Å². The van der Waals surface area contributed by atoms with Gasteiger partial charge < -0.3 is 10.2 Å². The fourth-order valence-electron chi connectivity index (χ4n) is 2.64. The Morgan fingerprint density at radius 2 is 1.83 bits per heavy atom. The summed E-state index contributed by atoms with van der Waals surface area (Å²) < 4.78 is 0. The standard InChI is InChI=1S/C14H29N3.HI/c1-11(2)6-7-16-14(15-5)17-9-12(3)8-13(4)10-17;/h11-13H,6-10H2,1-5H3,(H,15,16);1H. The van der Waals surface area contributed by atoms with Crippen LogP contribution in [0.1, 0.15) is 40.5 Å². The number of rotatable bonds is 3. The van der Waals surface area contributed by atoms with Gasteiger partial charge in [-0.2, -0.15) is 0 Å². The molecule has 108 valence electrons. The molecular formula is C14H30IN3. The Morgan fingerprint density at radius 1 is 1.28 bits per heavy atom. The van der Waals surface area contributed by atoms with Crippen molar-refractivity contribution in [2.24, 2.45) is 22.7 Å². The molecule has 1 fully saturated rings. The van der Waals surface area contributed by atoms with Gasteiger partial charge >= 0.3 is 0 Å². The molecule has 2 unspecified atom stereocenters. The molecule has 0 aromatic heterocycles. The summed E-state index contributed by atoms with van der Waals surface area (Å²) in [5, 5.41) is 3.49. The maximum absolute atomic E-state index is 4.41. The third-order valence-corrected chi connectivity index (χ3v) is 3.38. The highest BCUT2D eigenvalue weighted by atomic mass is 127. The number of nitrogens with zero attached hydrogens (tertiary/aromatic N) is 2. The van der Waals surface area contributed by atoms with Crippen LogP contribution in [0.3, 0.4) is 0 Å². The van der Waals surface area contributed by atoms with Crippen molar-refractivity contribution in [2.45, 2.75) is 40.5 Å². The molecule has 0 aromatic carbocycles. The van der Waals surface area contributed by atoms with E-state index >= 15 is 0 Å². The summed E-state index contributed by atoms with van der Waals surface area (Å²) in [6.07, 6.45) is 2.55. The molecule has 0 bridgehead atoms. The first-order valence-electron chi connectivity index (χ1n) is 6.98. The minimum absolute atomic E-state index is 0. The molecule has 0 aromatic rings. The number of piperidine rings is 1. The number of aliphatic imine (C=N–C) groups is 1. The summed E-state index contributed by atoms with van der Waals surface area (Å²) in [7, 11) is 1.89. The Balaban J connectivity index is 0.00000289. The van der Waals surface area contributed by atoms with Crippen molar-refractivity contribution in [1.82, 2.24) is 10.2 Å². The number of likely N-dealkylation sites (tertiary alicyclic amines) is 1. The first-order valence-corrected chi connectivity index (χ1v) is 6.98. The normalized spacial score (nSPS) is 25.0. The molecule has 2 atom stereocenters. The van der Waals surface area contributed by atoms with Crippen LogP contribution < -0.4 is 5.32 Å². The SMILES string of the molecule is CN=C(NCCC(C)C)N1CC(C)CC(C)C1.I. The fraction of sp³-hybridized carbons (Fsp3) is 0.929. The van der Waals surface area contributed by atoms with Crippen molar-refractivity contribution in [1.29, 1.82) is 0 Å². The Bertz CT molecular complexity index is 243. The highest BCUT2D eigenvalue weighted by molar-refractivity contribution is 14.0. The van der Waals surface area contributed by atoms with E-state index in [1.165, 1.54) is 12.8 Å². The smallest absolute Gasteiger partial charge is 0.193 e. The molecule has 1 saturated heterocycles. The quantitative estimate of drug-likeness (QED) is 0.471. The number of guanidine groups is 1. The molecule has 1 aliphatic rings. The molecule has 1 N–H and O–H groups in total. The molecule has 1 aliphatic heterocycles. The highest BCUT2D eigenvalue weighted by Crippen LogP contribution is 2.20. The molecule has 3 nitrogen and oxygen atoms in total. The fourth-order valence-corrected chi connectivity index (χ4v) is 2.64. The molecule has 0 amide bonds. The van der Waals surface area contributed by atoms with Gasteiger partial charge in [-0.05, 0) is 30.6 Å². The van der Waals surface area contributed by atoms with Crippen molar-refractivity contribution in [3.63, 3.8) is 0 Å². The highest BCUT2D eigenvalue weighted by Gasteiger charge is 2.23. The monoisotopic (exact) mass is 367 g/mol. The second-order valence-corrected chi connectivity index (χ2v) is 6.01.